The van der Waals surface area contributed by atoms with E-state index in [0.717, 1.165) is 5.56 Å². The van der Waals surface area contributed by atoms with Crippen molar-refractivity contribution in [2.45, 2.75) is 33.6 Å². The third-order valence-corrected chi connectivity index (χ3v) is 2.21. The summed E-state index contributed by atoms with van der Waals surface area (Å²) in [4.78, 5) is 19.7. The lowest BCUT2D eigenvalue weighted by molar-refractivity contribution is 0.0938. The summed E-state index contributed by atoms with van der Waals surface area (Å²) >= 11 is 0. The van der Waals surface area contributed by atoms with E-state index in [9.17, 15) is 4.79 Å². The minimum Gasteiger partial charge on any atom is -0.349 e. The standard InChI is InChI=1S/C12H19N3O/c1-8(2)5-15-12(16)11-13-6-10(7-14-11)9(3)4/h6-9H,5H2,1-4H3,(H,15,16). The number of carbonyl (C=O) groups is 1. The third-order valence-electron chi connectivity index (χ3n) is 2.21. The molecule has 1 rings (SSSR count). The first kappa shape index (κ1) is 12.6. The van der Waals surface area contributed by atoms with E-state index in [1.165, 1.54) is 0 Å². The van der Waals surface area contributed by atoms with Crippen LogP contribution in [0.3, 0.4) is 0 Å². The first-order valence-electron chi connectivity index (χ1n) is 5.60. The van der Waals surface area contributed by atoms with Gasteiger partial charge < -0.3 is 5.32 Å². The molecule has 1 heterocycles. The van der Waals surface area contributed by atoms with Gasteiger partial charge in [-0.25, -0.2) is 9.97 Å². The molecular formula is C12H19N3O. The van der Waals surface area contributed by atoms with E-state index in [1.807, 2.05) is 13.8 Å². The highest BCUT2D eigenvalue weighted by Crippen LogP contribution is 2.10. The van der Waals surface area contributed by atoms with Gasteiger partial charge in [0.05, 0.1) is 0 Å². The molecule has 16 heavy (non-hydrogen) atoms. The van der Waals surface area contributed by atoms with Gasteiger partial charge in [-0.2, -0.15) is 0 Å². The molecule has 0 fully saturated rings. The van der Waals surface area contributed by atoms with Crippen LogP contribution in [0.4, 0.5) is 0 Å². The van der Waals surface area contributed by atoms with E-state index in [1.54, 1.807) is 12.4 Å². The highest BCUT2D eigenvalue weighted by molar-refractivity contribution is 5.90. The average Bonchev–Trinajstić information content (AvgIpc) is 2.26. The number of hydrogen-bond acceptors (Lipinski definition) is 3. The Labute approximate surface area is 96.5 Å². The second-order valence-electron chi connectivity index (χ2n) is 4.60. The second kappa shape index (κ2) is 5.58. The van der Waals surface area contributed by atoms with E-state index < -0.39 is 0 Å². The molecule has 0 spiro atoms. The maximum atomic E-state index is 11.6. The van der Waals surface area contributed by atoms with Crippen LogP contribution >= 0.6 is 0 Å². The molecule has 0 unspecified atom stereocenters. The fourth-order valence-electron chi connectivity index (χ4n) is 1.13. The topological polar surface area (TPSA) is 54.9 Å². The predicted octanol–water partition coefficient (Wildman–Crippen LogP) is 1.99. The lowest BCUT2D eigenvalue weighted by Gasteiger charge is -2.07. The van der Waals surface area contributed by atoms with Gasteiger partial charge in [0.15, 0.2) is 0 Å². The summed E-state index contributed by atoms with van der Waals surface area (Å²) in [6, 6.07) is 0. The van der Waals surface area contributed by atoms with Crippen LogP contribution in [-0.2, 0) is 0 Å². The molecule has 0 radical (unpaired) electrons. The molecule has 1 amide bonds. The molecule has 4 nitrogen and oxygen atoms in total. The van der Waals surface area contributed by atoms with Crippen LogP contribution in [-0.4, -0.2) is 22.4 Å². The van der Waals surface area contributed by atoms with Crippen LogP contribution in [0.15, 0.2) is 12.4 Å². The number of hydrogen-bond donors (Lipinski definition) is 1. The zero-order valence-electron chi connectivity index (χ0n) is 10.3. The molecule has 1 aromatic rings. The normalized spacial score (nSPS) is 10.9. The van der Waals surface area contributed by atoms with Crippen LogP contribution in [0.2, 0.25) is 0 Å². The van der Waals surface area contributed by atoms with Crippen LogP contribution in [0.25, 0.3) is 0 Å². The number of nitrogens with zero attached hydrogens (tertiary/aromatic N) is 2. The first-order chi connectivity index (χ1) is 7.50. The lowest BCUT2D eigenvalue weighted by Crippen LogP contribution is -2.28. The molecule has 88 valence electrons. The molecule has 0 saturated carbocycles. The van der Waals surface area contributed by atoms with Gasteiger partial charge >= 0.3 is 0 Å². The molecule has 0 atom stereocenters. The van der Waals surface area contributed by atoms with E-state index >= 15 is 0 Å². The summed E-state index contributed by atoms with van der Waals surface area (Å²) in [5.74, 6) is 0.848. The number of rotatable bonds is 4. The molecule has 0 aliphatic heterocycles. The van der Waals surface area contributed by atoms with Crippen molar-refractivity contribution < 1.29 is 4.79 Å². The lowest BCUT2D eigenvalue weighted by atomic mass is 10.1. The highest BCUT2D eigenvalue weighted by Gasteiger charge is 2.09. The summed E-state index contributed by atoms with van der Waals surface area (Å²) in [5.41, 5.74) is 1.04. The van der Waals surface area contributed by atoms with Crippen molar-refractivity contribution in [3.63, 3.8) is 0 Å². The van der Waals surface area contributed by atoms with E-state index in [-0.39, 0.29) is 11.7 Å². The minimum absolute atomic E-state index is 0.205. The van der Waals surface area contributed by atoms with Gasteiger partial charge in [-0.05, 0) is 17.4 Å². The predicted molar refractivity (Wildman–Crippen MR) is 63.3 cm³/mol. The van der Waals surface area contributed by atoms with Crippen molar-refractivity contribution in [2.24, 2.45) is 5.92 Å². The summed E-state index contributed by atoms with van der Waals surface area (Å²) in [7, 11) is 0. The number of amides is 1. The molecule has 4 heteroatoms. The van der Waals surface area contributed by atoms with Crippen molar-refractivity contribution in [1.29, 1.82) is 0 Å². The fraction of sp³-hybridized carbons (Fsp3) is 0.583. The van der Waals surface area contributed by atoms with Crippen molar-refractivity contribution in [3.05, 3.63) is 23.8 Å². The van der Waals surface area contributed by atoms with Crippen LogP contribution in [0.1, 0.15) is 49.8 Å². The van der Waals surface area contributed by atoms with Gasteiger partial charge in [-0.15, -0.1) is 0 Å². The van der Waals surface area contributed by atoms with Crippen molar-refractivity contribution in [3.8, 4) is 0 Å². The molecule has 1 N–H and O–H groups in total. The van der Waals surface area contributed by atoms with Crippen LogP contribution in [0.5, 0.6) is 0 Å². The Morgan fingerprint density at radius 1 is 1.25 bits per heavy atom. The van der Waals surface area contributed by atoms with Gasteiger partial charge in [0.1, 0.15) is 0 Å². The largest absolute Gasteiger partial charge is 0.349 e. The number of carbonyl (C=O) groups excluding carboxylic acids is 1. The number of nitrogens with one attached hydrogen (secondary N) is 1. The van der Waals surface area contributed by atoms with Crippen molar-refractivity contribution in [2.75, 3.05) is 6.54 Å². The maximum absolute atomic E-state index is 11.6. The van der Waals surface area contributed by atoms with Crippen LogP contribution in [0, 0.1) is 5.92 Å². The Morgan fingerprint density at radius 2 is 1.81 bits per heavy atom. The summed E-state index contributed by atoms with van der Waals surface area (Å²) in [5, 5.41) is 2.78. The first-order valence-corrected chi connectivity index (χ1v) is 5.60. The van der Waals surface area contributed by atoms with Gasteiger partial charge in [0, 0.05) is 18.9 Å². The van der Waals surface area contributed by atoms with Crippen LogP contribution < -0.4 is 5.32 Å². The van der Waals surface area contributed by atoms with Crippen molar-refractivity contribution in [1.82, 2.24) is 15.3 Å². The molecule has 0 bridgehead atoms. The number of aromatic nitrogens is 2. The van der Waals surface area contributed by atoms with Crippen molar-refractivity contribution >= 4 is 5.91 Å². The molecular weight excluding hydrogens is 202 g/mol. The zero-order chi connectivity index (χ0) is 12.1. The molecule has 0 aromatic carbocycles. The Bertz CT molecular complexity index is 344. The highest BCUT2D eigenvalue weighted by atomic mass is 16.2. The van der Waals surface area contributed by atoms with E-state index in [0.29, 0.717) is 18.4 Å². The molecule has 0 aliphatic rings. The Balaban J connectivity index is 2.63. The third kappa shape index (κ3) is 3.61. The SMILES string of the molecule is CC(C)CNC(=O)c1ncc(C(C)C)cn1. The van der Waals surface area contributed by atoms with Gasteiger partial charge in [0.2, 0.25) is 5.82 Å². The minimum atomic E-state index is -0.205. The fourth-order valence-corrected chi connectivity index (χ4v) is 1.13. The summed E-state index contributed by atoms with van der Waals surface area (Å²) in [6.07, 6.45) is 3.42. The van der Waals surface area contributed by atoms with E-state index in [4.69, 9.17) is 0 Å². The summed E-state index contributed by atoms with van der Waals surface area (Å²) < 4.78 is 0. The smallest absolute Gasteiger partial charge is 0.289 e. The van der Waals surface area contributed by atoms with Gasteiger partial charge in [0.25, 0.3) is 5.91 Å². The Morgan fingerprint density at radius 3 is 2.25 bits per heavy atom. The second-order valence-corrected chi connectivity index (χ2v) is 4.60. The van der Waals surface area contributed by atoms with Gasteiger partial charge in [-0.1, -0.05) is 27.7 Å². The average molecular weight is 221 g/mol. The quantitative estimate of drug-likeness (QED) is 0.846. The monoisotopic (exact) mass is 221 g/mol. The zero-order valence-corrected chi connectivity index (χ0v) is 10.3. The van der Waals surface area contributed by atoms with Gasteiger partial charge in [-0.3, -0.25) is 4.79 Å². The Kier molecular flexibility index (Phi) is 4.40. The maximum Gasteiger partial charge on any atom is 0.289 e. The van der Waals surface area contributed by atoms with E-state index in [2.05, 4.69) is 29.1 Å². The molecule has 1 aromatic heterocycles. The Hall–Kier alpha value is -1.45. The molecule has 0 aliphatic carbocycles. The summed E-state index contributed by atoms with van der Waals surface area (Å²) in [6.45, 7) is 8.87. The molecule has 0 saturated heterocycles.